The van der Waals surface area contributed by atoms with Crippen LogP contribution in [0.3, 0.4) is 0 Å². The fourth-order valence-electron chi connectivity index (χ4n) is 1.74. The van der Waals surface area contributed by atoms with Crippen molar-refractivity contribution in [3.05, 3.63) is 50.2 Å². The van der Waals surface area contributed by atoms with Crippen LogP contribution >= 0.6 is 58.2 Å². The van der Waals surface area contributed by atoms with Gasteiger partial charge in [-0.2, -0.15) is 8.78 Å². The number of hydrogen-bond acceptors (Lipinski definition) is 5. The minimum atomic E-state index is -2.54. The molecule has 0 atom stereocenters. The number of amides is 1. The number of nitrogens with zero attached hydrogens (tertiary/aromatic N) is 1. The van der Waals surface area contributed by atoms with Gasteiger partial charge < -0.3 is 10.1 Å². The third kappa shape index (κ3) is 6.08. The first kappa shape index (κ1) is 22.0. The fourth-order valence-corrected chi connectivity index (χ4v) is 3.04. The van der Waals surface area contributed by atoms with Gasteiger partial charge in [0.05, 0.1) is 15.1 Å². The molecule has 1 aromatic carbocycles. The van der Waals surface area contributed by atoms with Gasteiger partial charge in [-0.15, -0.1) is 0 Å². The van der Waals surface area contributed by atoms with Crippen molar-refractivity contribution in [3.8, 4) is 0 Å². The van der Waals surface area contributed by atoms with E-state index in [1.807, 2.05) is 0 Å². The van der Waals surface area contributed by atoms with Gasteiger partial charge in [0.1, 0.15) is 5.15 Å². The maximum absolute atomic E-state index is 12.3. The molecule has 2 aromatic rings. The number of rotatable bonds is 6. The highest BCUT2D eigenvalue weighted by molar-refractivity contribution is 7.99. The van der Waals surface area contributed by atoms with Crippen LogP contribution in [-0.2, 0) is 9.53 Å². The van der Waals surface area contributed by atoms with Crippen molar-refractivity contribution in [2.24, 2.45) is 0 Å². The van der Waals surface area contributed by atoms with Gasteiger partial charge in [0, 0.05) is 10.6 Å². The van der Waals surface area contributed by atoms with Gasteiger partial charge in [-0.3, -0.25) is 4.79 Å². The number of benzene rings is 1. The van der Waals surface area contributed by atoms with E-state index < -0.39 is 29.9 Å². The zero-order chi connectivity index (χ0) is 20.1. The van der Waals surface area contributed by atoms with E-state index in [1.165, 1.54) is 24.3 Å². The number of ether oxygens (including phenoxy) is 1. The lowest BCUT2D eigenvalue weighted by molar-refractivity contribution is -0.119. The van der Waals surface area contributed by atoms with E-state index in [9.17, 15) is 18.4 Å². The SMILES string of the molecule is O=C(COC(=O)c1nc(Cl)c(Cl)c(Cl)c1Cl)Nc1ccc(SC(F)F)cc1. The van der Waals surface area contributed by atoms with Gasteiger partial charge in [-0.05, 0) is 24.3 Å². The maximum atomic E-state index is 12.3. The first-order valence-electron chi connectivity index (χ1n) is 6.91. The number of carbonyl (C=O) groups is 2. The molecule has 0 unspecified atom stereocenters. The summed E-state index contributed by atoms with van der Waals surface area (Å²) in [7, 11) is 0. The second-order valence-corrected chi connectivity index (χ2v) is 7.28. The predicted octanol–water partition coefficient (Wildman–Crippen LogP) is 5.81. The van der Waals surface area contributed by atoms with Gasteiger partial charge >= 0.3 is 5.97 Å². The molecule has 0 aliphatic carbocycles. The number of thioether (sulfide) groups is 1. The van der Waals surface area contributed by atoms with Crippen LogP contribution in [0.15, 0.2) is 29.2 Å². The number of carbonyl (C=O) groups excluding carboxylic acids is 2. The van der Waals surface area contributed by atoms with E-state index in [4.69, 9.17) is 51.1 Å². The molecule has 1 aromatic heterocycles. The van der Waals surface area contributed by atoms with E-state index in [1.54, 1.807) is 0 Å². The van der Waals surface area contributed by atoms with Gasteiger partial charge in [0.15, 0.2) is 12.3 Å². The molecule has 27 heavy (non-hydrogen) atoms. The number of nitrogens with one attached hydrogen (secondary N) is 1. The summed E-state index contributed by atoms with van der Waals surface area (Å²) >= 11 is 23.5. The van der Waals surface area contributed by atoms with Crippen LogP contribution in [0.1, 0.15) is 10.5 Å². The molecule has 0 spiro atoms. The largest absolute Gasteiger partial charge is 0.451 e. The first-order valence-corrected chi connectivity index (χ1v) is 9.30. The predicted molar refractivity (Wildman–Crippen MR) is 101 cm³/mol. The summed E-state index contributed by atoms with van der Waals surface area (Å²) in [5.74, 6) is -4.24. The molecule has 0 saturated heterocycles. The number of esters is 1. The summed E-state index contributed by atoms with van der Waals surface area (Å²) in [6.45, 7) is -0.651. The van der Waals surface area contributed by atoms with Crippen molar-refractivity contribution < 1.29 is 23.1 Å². The molecule has 0 bridgehead atoms. The third-order valence-electron chi connectivity index (χ3n) is 2.88. The number of pyridine rings is 1. The van der Waals surface area contributed by atoms with Crippen LogP contribution in [0, 0.1) is 0 Å². The average molecular weight is 476 g/mol. The van der Waals surface area contributed by atoms with Crippen LogP contribution in [0.2, 0.25) is 20.2 Å². The topological polar surface area (TPSA) is 68.3 Å². The standard InChI is InChI=1S/C15H8Cl4F2N2O3S/c16-9-10(17)12(23-13(19)11(9)18)14(25)26-5-8(24)22-6-1-3-7(4-2-6)27-15(20)21/h1-4,15H,5H2,(H,22,24). The number of aromatic nitrogens is 1. The molecular formula is C15H8Cl4F2N2O3S. The summed E-state index contributed by atoms with van der Waals surface area (Å²) < 4.78 is 29.3. The molecule has 0 fully saturated rings. The van der Waals surface area contributed by atoms with Crippen molar-refractivity contribution in [2.45, 2.75) is 10.7 Å². The Morgan fingerprint density at radius 2 is 1.70 bits per heavy atom. The van der Waals surface area contributed by atoms with Crippen LogP contribution < -0.4 is 5.32 Å². The molecule has 0 aliphatic heterocycles. The molecule has 1 heterocycles. The summed E-state index contributed by atoms with van der Waals surface area (Å²) in [5.41, 5.74) is -0.0550. The Balaban J connectivity index is 1.95. The molecular weight excluding hydrogens is 468 g/mol. The van der Waals surface area contributed by atoms with Gasteiger partial charge in [0.25, 0.3) is 11.7 Å². The lowest BCUT2D eigenvalue weighted by Crippen LogP contribution is -2.21. The van der Waals surface area contributed by atoms with E-state index in [2.05, 4.69) is 10.3 Å². The zero-order valence-corrected chi connectivity index (χ0v) is 16.8. The van der Waals surface area contributed by atoms with Gasteiger partial charge in [-0.25, -0.2) is 9.78 Å². The van der Waals surface area contributed by atoms with Crippen molar-refractivity contribution in [2.75, 3.05) is 11.9 Å². The second-order valence-electron chi connectivity index (χ2n) is 4.72. The van der Waals surface area contributed by atoms with E-state index >= 15 is 0 Å². The maximum Gasteiger partial charge on any atom is 0.359 e. The average Bonchev–Trinajstić information content (AvgIpc) is 2.62. The van der Waals surface area contributed by atoms with E-state index in [-0.39, 0.29) is 20.2 Å². The summed E-state index contributed by atoms with van der Waals surface area (Å²) in [6.07, 6.45) is 0. The Labute approximate surface area is 176 Å². The van der Waals surface area contributed by atoms with Gasteiger partial charge in [0.2, 0.25) is 0 Å². The highest BCUT2D eigenvalue weighted by Crippen LogP contribution is 2.36. The lowest BCUT2D eigenvalue weighted by atomic mass is 10.3. The van der Waals surface area contributed by atoms with Crippen LogP contribution in [0.4, 0.5) is 14.5 Å². The normalized spacial score (nSPS) is 10.8. The lowest BCUT2D eigenvalue weighted by Gasteiger charge is -2.09. The minimum absolute atomic E-state index is 0.119. The summed E-state index contributed by atoms with van der Waals surface area (Å²) in [6, 6.07) is 5.70. The quantitative estimate of drug-likeness (QED) is 0.324. The number of alkyl halides is 2. The molecule has 1 amide bonds. The van der Waals surface area contributed by atoms with Crippen molar-refractivity contribution >= 4 is 75.7 Å². The highest BCUT2D eigenvalue weighted by atomic mass is 35.5. The minimum Gasteiger partial charge on any atom is -0.451 e. The molecule has 144 valence electrons. The van der Waals surface area contributed by atoms with Gasteiger partial charge in [-0.1, -0.05) is 58.2 Å². The van der Waals surface area contributed by atoms with Crippen LogP contribution in [0.25, 0.3) is 0 Å². The zero-order valence-electron chi connectivity index (χ0n) is 12.9. The van der Waals surface area contributed by atoms with Crippen LogP contribution in [0.5, 0.6) is 0 Å². The van der Waals surface area contributed by atoms with E-state index in [0.29, 0.717) is 22.3 Å². The summed E-state index contributed by atoms with van der Waals surface area (Å²) in [4.78, 5) is 27.9. The Bertz CT molecular complexity index is 869. The molecule has 12 heteroatoms. The monoisotopic (exact) mass is 474 g/mol. The molecule has 0 saturated carbocycles. The number of hydrogen-bond donors (Lipinski definition) is 1. The Kier molecular flexibility index (Phi) is 7.93. The molecule has 0 aliphatic rings. The van der Waals surface area contributed by atoms with E-state index in [0.717, 1.165) is 0 Å². The van der Waals surface area contributed by atoms with Crippen molar-refractivity contribution in [3.63, 3.8) is 0 Å². The Hall–Kier alpha value is -1.32. The second kappa shape index (κ2) is 9.75. The smallest absolute Gasteiger partial charge is 0.359 e. The van der Waals surface area contributed by atoms with Crippen LogP contribution in [-0.4, -0.2) is 29.2 Å². The summed E-state index contributed by atoms with van der Waals surface area (Å²) in [5, 5.41) is 1.64. The molecule has 0 radical (unpaired) electrons. The Morgan fingerprint density at radius 3 is 2.30 bits per heavy atom. The fraction of sp³-hybridized carbons (Fsp3) is 0.133. The van der Waals surface area contributed by atoms with Crippen molar-refractivity contribution in [1.82, 2.24) is 4.98 Å². The first-order chi connectivity index (χ1) is 12.7. The number of anilines is 1. The third-order valence-corrected chi connectivity index (χ3v) is 5.28. The molecule has 5 nitrogen and oxygen atoms in total. The number of halogens is 6. The highest BCUT2D eigenvalue weighted by Gasteiger charge is 2.22. The van der Waals surface area contributed by atoms with Crippen molar-refractivity contribution in [1.29, 1.82) is 0 Å². The molecule has 1 N–H and O–H groups in total. The Morgan fingerprint density at radius 1 is 1.07 bits per heavy atom. The molecule has 2 rings (SSSR count).